The number of allylic oxidation sites excluding steroid dienone is 1. The Bertz CT molecular complexity index is 274. The molecule has 1 rings (SSSR count). The minimum absolute atomic E-state index is 0.0974. The van der Waals surface area contributed by atoms with Crippen molar-refractivity contribution >= 4 is 23.2 Å². The van der Waals surface area contributed by atoms with Crippen molar-refractivity contribution in [3.63, 3.8) is 0 Å². The van der Waals surface area contributed by atoms with Crippen LogP contribution in [-0.2, 0) is 4.79 Å². The highest BCUT2D eigenvalue weighted by Crippen LogP contribution is 2.09. The third kappa shape index (κ3) is 2.27. The summed E-state index contributed by atoms with van der Waals surface area (Å²) >= 11 is 1.53. The summed E-state index contributed by atoms with van der Waals surface area (Å²) in [4.78, 5) is 14.8. The number of aromatic nitrogens is 1. The van der Waals surface area contributed by atoms with Crippen LogP contribution in [0.15, 0.2) is 17.2 Å². The van der Waals surface area contributed by atoms with E-state index in [1.54, 1.807) is 26.1 Å². The summed E-state index contributed by atoms with van der Waals surface area (Å²) in [5.41, 5.74) is 0.750. The first-order chi connectivity index (χ1) is 5.20. The Morgan fingerprint density at radius 3 is 2.82 bits per heavy atom. The lowest BCUT2D eigenvalue weighted by atomic mass is 10.2. The number of nitrogens with zero attached hydrogens (tertiary/aromatic N) is 1. The molecule has 0 saturated heterocycles. The average molecular weight is 167 g/mol. The highest BCUT2D eigenvalue weighted by atomic mass is 32.1. The van der Waals surface area contributed by atoms with Gasteiger partial charge in [0.25, 0.3) is 0 Å². The van der Waals surface area contributed by atoms with Crippen LogP contribution < -0.4 is 0 Å². The van der Waals surface area contributed by atoms with Gasteiger partial charge in [-0.15, -0.1) is 11.3 Å². The normalized spacial score (nSPS) is 11.6. The third-order valence-corrected chi connectivity index (χ3v) is 2.07. The predicted molar refractivity (Wildman–Crippen MR) is 46.4 cm³/mol. The van der Waals surface area contributed by atoms with E-state index in [2.05, 4.69) is 4.98 Å². The summed E-state index contributed by atoms with van der Waals surface area (Å²) in [6.07, 6.45) is 3.52. The van der Waals surface area contributed by atoms with Crippen molar-refractivity contribution in [2.75, 3.05) is 0 Å². The van der Waals surface area contributed by atoms with Crippen molar-refractivity contribution in [1.82, 2.24) is 4.98 Å². The minimum atomic E-state index is 0.0974. The molecule has 0 N–H and O–H groups in total. The van der Waals surface area contributed by atoms with E-state index < -0.39 is 0 Å². The fourth-order valence-corrected chi connectivity index (χ4v) is 1.22. The van der Waals surface area contributed by atoms with Crippen molar-refractivity contribution in [3.8, 4) is 0 Å². The Morgan fingerprint density at radius 2 is 2.36 bits per heavy atom. The molecular formula is C8H9NOS. The second kappa shape index (κ2) is 3.44. The van der Waals surface area contributed by atoms with Crippen LogP contribution in [0.3, 0.4) is 0 Å². The van der Waals surface area contributed by atoms with Gasteiger partial charge in [-0.1, -0.05) is 0 Å². The molecule has 0 saturated carbocycles. The first-order valence-electron chi connectivity index (χ1n) is 3.29. The second-order valence-corrected chi connectivity index (χ2v) is 3.18. The third-order valence-electron chi connectivity index (χ3n) is 1.35. The zero-order valence-corrected chi connectivity index (χ0v) is 7.31. The number of rotatable bonds is 2. The SMILES string of the molecule is CC(=O)/C(C)=C/c1nccs1. The molecule has 2 nitrogen and oxygen atoms in total. The second-order valence-electron chi connectivity index (χ2n) is 2.25. The van der Waals surface area contributed by atoms with Gasteiger partial charge in [0.15, 0.2) is 5.78 Å². The maximum atomic E-state index is 10.8. The molecule has 3 heteroatoms. The van der Waals surface area contributed by atoms with Gasteiger partial charge in [0.2, 0.25) is 0 Å². The molecule has 0 spiro atoms. The van der Waals surface area contributed by atoms with Crippen molar-refractivity contribution in [1.29, 1.82) is 0 Å². The van der Waals surface area contributed by atoms with E-state index in [-0.39, 0.29) is 5.78 Å². The Morgan fingerprint density at radius 1 is 1.64 bits per heavy atom. The zero-order valence-electron chi connectivity index (χ0n) is 6.50. The summed E-state index contributed by atoms with van der Waals surface area (Å²) in [6, 6.07) is 0. The minimum Gasteiger partial charge on any atom is -0.295 e. The number of carbonyl (C=O) groups is 1. The molecule has 0 aliphatic heterocycles. The Hall–Kier alpha value is -0.960. The Labute approximate surface area is 69.6 Å². The van der Waals surface area contributed by atoms with Gasteiger partial charge < -0.3 is 0 Å². The Kier molecular flexibility index (Phi) is 2.54. The molecule has 0 amide bonds. The van der Waals surface area contributed by atoms with Gasteiger partial charge >= 0.3 is 0 Å². The maximum Gasteiger partial charge on any atom is 0.155 e. The van der Waals surface area contributed by atoms with Crippen LogP contribution in [0.2, 0.25) is 0 Å². The van der Waals surface area contributed by atoms with Crippen molar-refractivity contribution in [2.24, 2.45) is 0 Å². The van der Waals surface area contributed by atoms with E-state index in [0.29, 0.717) is 0 Å². The van der Waals surface area contributed by atoms with Gasteiger partial charge in [0.05, 0.1) is 0 Å². The summed E-state index contributed by atoms with van der Waals surface area (Å²) in [6.45, 7) is 3.35. The van der Waals surface area contributed by atoms with E-state index >= 15 is 0 Å². The van der Waals surface area contributed by atoms with E-state index in [9.17, 15) is 4.79 Å². The monoisotopic (exact) mass is 167 g/mol. The molecular weight excluding hydrogens is 158 g/mol. The standard InChI is InChI=1S/C8H9NOS/c1-6(7(2)10)5-8-9-3-4-11-8/h3-5H,1-2H3/b6-5+. The zero-order chi connectivity index (χ0) is 8.27. The summed E-state index contributed by atoms with van der Waals surface area (Å²) in [5, 5.41) is 2.77. The number of carbonyl (C=O) groups excluding carboxylic acids is 1. The van der Waals surface area contributed by atoms with Crippen LogP contribution in [0.4, 0.5) is 0 Å². The molecule has 0 fully saturated rings. The maximum absolute atomic E-state index is 10.8. The summed E-state index contributed by atoms with van der Waals surface area (Å²) in [7, 11) is 0. The van der Waals surface area contributed by atoms with Gasteiger partial charge in [-0.3, -0.25) is 4.79 Å². The topological polar surface area (TPSA) is 30.0 Å². The van der Waals surface area contributed by atoms with Gasteiger partial charge in [0, 0.05) is 11.6 Å². The smallest absolute Gasteiger partial charge is 0.155 e. The number of ketones is 1. The van der Waals surface area contributed by atoms with E-state index in [0.717, 1.165) is 10.6 Å². The van der Waals surface area contributed by atoms with E-state index in [4.69, 9.17) is 0 Å². The summed E-state index contributed by atoms with van der Waals surface area (Å²) in [5.74, 6) is 0.0974. The molecule has 0 unspecified atom stereocenters. The fourth-order valence-electron chi connectivity index (χ4n) is 0.593. The lowest BCUT2D eigenvalue weighted by molar-refractivity contribution is -0.113. The molecule has 1 aromatic heterocycles. The van der Waals surface area contributed by atoms with Crippen LogP contribution >= 0.6 is 11.3 Å². The quantitative estimate of drug-likeness (QED) is 0.631. The molecule has 0 atom stereocenters. The largest absolute Gasteiger partial charge is 0.295 e. The Balaban J connectivity index is 2.82. The summed E-state index contributed by atoms with van der Waals surface area (Å²) < 4.78 is 0. The number of hydrogen-bond donors (Lipinski definition) is 0. The number of thiazole rings is 1. The number of hydrogen-bond acceptors (Lipinski definition) is 3. The van der Waals surface area contributed by atoms with Gasteiger partial charge in [-0.05, 0) is 25.5 Å². The van der Waals surface area contributed by atoms with Crippen molar-refractivity contribution in [2.45, 2.75) is 13.8 Å². The molecule has 0 radical (unpaired) electrons. The fraction of sp³-hybridized carbons (Fsp3) is 0.250. The lowest BCUT2D eigenvalue weighted by Gasteiger charge is -1.89. The van der Waals surface area contributed by atoms with Crippen LogP contribution in [0.25, 0.3) is 6.08 Å². The first-order valence-corrected chi connectivity index (χ1v) is 4.17. The molecule has 11 heavy (non-hydrogen) atoms. The van der Waals surface area contributed by atoms with E-state index in [1.807, 2.05) is 5.38 Å². The molecule has 1 aromatic rings. The average Bonchev–Trinajstić information content (AvgIpc) is 2.39. The van der Waals surface area contributed by atoms with Crippen molar-refractivity contribution in [3.05, 3.63) is 22.2 Å². The van der Waals surface area contributed by atoms with Crippen LogP contribution in [-0.4, -0.2) is 10.8 Å². The molecule has 58 valence electrons. The number of Topliss-reactive ketones (excluding diaryl/α,β-unsaturated/α-hetero) is 1. The van der Waals surface area contributed by atoms with Gasteiger partial charge in [-0.2, -0.15) is 0 Å². The molecule has 1 heterocycles. The highest BCUT2D eigenvalue weighted by molar-refractivity contribution is 7.10. The molecule has 0 aliphatic rings. The highest BCUT2D eigenvalue weighted by Gasteiger charge is 1.96. The predicted octanol–water partition coefficient (Wildman–Crippen LogP) is 2.14. The van der Waals surface area contributed by atoms with E-state index in [1.165, 1.54) is 11.3 Å². The molecule has 0 aromatic carbocycles. The molecule has 0 aliphatic carbocycles. The lowest BCUT2D eigenvalue weighted by Crippen LogP contribution is -1.89. The van der Waals surface area contributed by atoms with Gasteiger partial charge in [-0.25, -0.2) is 4.98 Å². The van der Waals surface area contributed by atoms with Crippen LogP contribution in [0.1, 0.15) is 18.9 Å². The molecule has 0 bridgehead atoms. The van der Waals surface area contributed by atoms with Gasteiger partial charge in [0.1, 0.15) is 5.01 Å². The van der Waals surface area contributed by atoms with Crippen LogP contribution in [0, 0.1) is 0 Å². The van der Waals surface area contributed by atoms with Crippen molar-refractivity contribution < 1.29 is 4.79 Å². The first kappa shape index (κ1) is 8.14. The van der Waals surface area contributed by atoms with Crippen LogP contribution in [0.5, 0.6) is 0 Å².